The van der Waals surface area contributed by atoms with Crippen molar-refractivity contribution in [3.8, 4) is 5.75 Å². The number of rotatable bonds is 4. The summed E-state index contributed by atoms with van der Waals surface area (Å²) in [7, 11) is 1.44. The molecule has 2 aromatic carbocycles. The number of ether oxygens (including phenoxy) is 1. The van der Waals surface area contributed by atoms with Crippen LogP contribution < -0.4 is 10.1 Å². The lowest BCUT2D eigenvalue weighted by atomic mass is 10.2. The fraction of sp³-hybridized carbons (Fsp3) is 0.143. The quantitative estimate of drug-likeness (QED) is 0.899. The van der Waals surface area contributed by atoms with E-state index in [4.69, 9.17) is 16.3 Å². The summed E-state index contributed by atoms with van der Waals surface area (Å²) < 4.78 is 18.3. The van der Waals surface area contributed by atoms with E-state index < -0.39 is 0 Å². The molecule has 0 fully saturated rings. The molecule has 2 rings (SSSR count). The Morgan fingerprint density at radius 2 is 2.00 bits per heavy atom. The molecular weight excluding hydrogens is 253 g/mol. The van der Waals surface area contributed by atoms with Gasteiger partial charge in [0.2, 0.25) is 0 Å². The smallest absolute Gasteiger partial charge is 0.165 e. The molecule has 0 aliphatic carbocycles. The first kappa shape index (κ1) is 12.7. The first-order chi connectivity index (χ1) is 8.70. The van der Waals surface area contributed by atoms with Crippen molar-refractivity contribution in [3.05, 3.63) is 58.9 Å². The number of hydrogen-bond acceptors (Lipinski definition) is 2. The topological polar surface area (TPSA) is 21.3 Å². The van der Waals surface area contributed by atoms with Crippen molar-refractivity contribution in [2.45, 2.75) is 6.54 Å². The Morgan fingerprint density at radius 1 is 1.22 bits per heavy atom. The predicted molar refractivity (Wildman–Crippen MR) is 71.7 cm³/mol. The highest BCUT2D eigenvalue weighted by Crippen LogP contribution is 2.22. The molecule has 4 heteroatoms. The van der Waals surface area contributed by atoms with Crippen molar-refractivity contribution in [2.75, 3.05) is 12.4 Å². The average Bonchev–Trinajstić information content (AvgIpc) is 2.38. The fourth-order valence-corrected chi connectivity index (χ4v) is 1.82. The van der Waals surface area contributed by atoms with E-state index in [-0.39, 0.29) is 11.6 Å². The summed E-state index contributed by atoms with van der Waals surface area (Å²) in [4.78, 5) is 0. The Bertz CT molecular complexity index is 545. The molecule has 1 N–H and O–H groups in total. The van der Waals surface area contributed by atoms with Crippen molar-refractivity contribution >= 4 is 17.3 Å². The normalized spacial score (nSPS) is 10.2. The maximum absolute atomic E-state index is 13.5. The minimum atomic E-state index is -0.365. The Balaban J connectivity index is 2.07. The van der Waals surface area contributed by atoms with Crippen LogP contribution in [0.2, 0.25) is 5.02 Å². The number of para-hydroxylation sites is 1. The zero-order valence-electron chi connectivity index (χ0n) is 9.91. The van der Waals surface area contributed by atoms with Crippen LogP contribution in [0.25, 0.3) is 0 Å². The molecule has 2 aromatic rings. The van der Waals surface area contributed by atoms with Gasteiger partial charge in [0.1, 0.15) is 0 Å². The second kappa shape index (κ2) is 5.74. The maximum Gasteiger partial charge on any atom is 0.165 e. The lowest BCUT2D eigenvalue weighted by Gasteiger charge is -2.09. The standard InChI is InChI=1S/C14H13ClFNO/c1-18-14-7-6-10(8-12(14)16)9-17-13-5-3-2-4-11(13)15/h2-8,17H,9H2,1H3. The minimum absolute atomic E-state index is 0.247. The maximum atomic E-state index is 13.5. The molecule has 18 heavy (non-hydrogen) atoms. The SMILES string of the molecule is COc1ccc(CNc2ccccc2Cl)cc1F. The summed E-state index contributed by atoms with van der Waals surface area (Å²) in [6.07, 6.45) is 0. The molecule has 0 aliphatic heterocycles. The second-order valence-corrected chi connectivity index (χ2v) is 4.21. The second-order valence-electron chi connectivity index (χ2n) is 3.80. The number of halogens is 2. The third-order valence-corrected chi connectivity index (χ3v) is 2.90. The van der Waals surface area contributed by atoms with E-state index in [2.05, 4.69) is 5.32 Å². The van der Waals surface area contributed by atoms with E-state index in [9.17, 15) is 4.39 Å². The van der Waals surface area contributed by atoms with Crippen LogP contribution in [-0.4, -0.2) is 7.11 Å². The van der Waals surface area contributed by atoms with E-state index >= 15 is 0 Å². The molecule has 0 saturated carbocycles. The van der Waals surface area contributed by atoms with Crippen LogP contribution in [0.5, 0.6) is 5.75 Å². The van der Waals surface area contributed by atoms with E-state index in [0.717, 1.165) is 11.3 Å². The van der Waals surface area contributed by atoms with Gasteiger partial charge in [-0.3, -0.25) is 0 Å². The molecule has 0 radical (unpaired) electrons. The Morgan fingerprint density at radius 3 is 2.67 bits per heavy atom. The lowest BCUT2D eigenvalue weighted by molar-refractivity contribution is 0.386. The van der Waals surface area contributed by atoms with E-state index in [1.807, 2.05) is 24.3 Å². The molecule has 0 spiro atoms. The van der Waals surface area contributed by atoms with Gasteiger partial charge in [0.05, 0.1) is 17.8 Å². The van der Waals surface area contributed by atoms with Gasteiger partial charge in [-0.15, -0.1) is 0 Å². The van der Waals surface area contributed by atoms with Crippen molar-refractivity contribution in [3.63, 3.8) is 0 Å². The van der Waals surface area contributed by atoms with Crippen molar-refractivity contribution < 1.29 is 9.13 Å². The minimum Gasteiger partial charge on any atom is -0.494 e. The van der Waals surface area contributed by atoms with Crippen molar-refractivity contribution in [1.29, 1.82) is 0 Å². The molecule has 0 heterocycles. The average molecular weight is 266 g/mol. The summed E-state index contributed by atoms with van der Waals surface area (Å²) in [6.45, 7) is 0.505. The Hall–Kier alpha value is -1.74. The number of anilines is 1. The van der Waals surface area contributed by atoms with Gasteiger partial charge in [-0.05, 0) is 29.8 Å². The number of methoxy groups -OCH3 is 1. The van der Waals surface area contributed by atoms with E-state index in [0.29, 0.717) is 11.6 Å². The summed E-state index contributed by atoms with van der Waals surface area (Å²) in [5.41, 5.74) is 1.66. The zero-order valence-corrected chi connectivity index (χ0v) is 10.7. The molecule has 0 aromatic heterocycles. The summed E-state index contributed by atoms with van der Waals surface area (Å²) in [5.74, 6) is -0.118. The van der Waals surface area contributed by atoms with Crippen LogP contribution >= 0.6 is 11.6 Å². The highest BCUT2D eigenvalue weighted by molar-refractivity contribution is 6.33. The molecule has 0 aliphatic rings. The Kier molecular flexibility index (Phi) is 4.05. The molecular formula is C14H13ClFNO. The monoisotopic (exact) mass is 265 g/mol. The predicted octanol–water partition coefficient (Wildman–Crippen LogP) is 4.10. The van der Waals surface area contributed by atoms with Crippen molar-refractivity contribution in [1.82, 2.24) is 0 Å². The highest BCUT2D eigenvalue weighted by atomic mass is 35.5. The van der Waals surface area contributed by atoms with Gasteiger partial charge < -0.3 is 10.1 Å². The third kappa shape index (κ3) is 2.93. The molecule has 0 saturated heterocycles. The van der Waals surface area contributed by atoms with Gasteiger partial charge in [0.15, 0.2) is 11.6 Å². The van der Waals surface area contributed by atoms with Gasteiger partial charge >= 0.3 is 0 Å². The molecule has 94 valence electrons. The number of benzene rings is 2. The van der Waals surface area contributed by atoms with Gasteiger partial charge in [0, 0.05) is 6.54 Å². The van der Waals surface area contributed by atoms with Gasteiger partial charge in [-0.2, -0.15) is 0 Å². The summed E-state index contributed by atoms with van der Waals surface area (Å²) in [6, 6.07) is 12.3. The molecule has 0 unspecified atom stereocenters. The molecule has 0 atom stereocenters. The number of hydrogen-bond donors (Lipinski definition) is 1. The zero-order chi connectivity index (χ0) is 13.0. The Labute approximate surface area is 110 Å². The lowest BCUT2D eigenvalue weighted by Crippen LogP contribution is -2.00. The van der Waals surface area contributed by atoms with Crippen molar-refractivity contribution in [2.24, 2.45) is 0 Å². The van der Waals surface area contributed by atoms with Crippen LogP contribution in [0.4, 0.5) is 10.1 Å². The van der Waals surface area contributed by atoms with Crippen LogP contribution in [-0.2, 0) is 6.54 Å². The van der Waals surface area contributed by atoms with Crippen LogP contribution in [0.1, 0.15) is 5.56 Å². The third-order valence-electron chi connectivity index (χ3n) is 2.57. The first-order valence-electron chi connectivity index (χ1n) is 5.51. The molecule has 2 nitrogen and oxygen atoms in total. The van der Waals surface area contributed by atoms with Gasteiger partial charge in [0.25, 0.3) is 0 Å². The summed E-state index contributed by atoms with van der Waals surface area (Å²) in [5, 5.41) is 3.80. The fourth-order valence-electron chi connectivity index (χ4n) is 1.62. The van der Waals surface area contributed by atoms with Crippen LogP contribution in [0.15, 0.2) is 42.5 Å². The van der Waals surface area contributed by atoms with Gasteiger partial charge in [-0.25, -0.2) is 4.39 Å². The molecule has 0 amide bonds. The van der Waals surface area contributed by atoms with Crippen LogP contribution in [0.3, 0.4) is 0 Å². The van der Waals surface area contributed by atoms with E-state index in [1.165, 1.54) is 13.2 Å². The molecule has 0 bridgehead atoms. The summed E-state index contributed by atoms with van der Waals surface area (Å²) >= 11 is 6.01. The highest BCUT2D eigenvalue weighted by Gasteiger charge is 2.04. The van der Waals surface area contributed by atoms with Crippen LogP contribution in [0, 0.1) is 5.82 Å². The largest absolute Gasteiger partial charge is 0.494 e. The number of nitrogens with one attached hydrogen (secondary N) is 1. The van der Waals surface area contributed by atoms with E-state index in [1.54, 1.807) is 12.1 Å². The first-order valence-corrected chi connectivity index (χ1v) is 5.89. The van der Waals surface area contributed by atoms with Gasteiger partial charge in [-0.1, -0.05) is 29.8 Å².